The summed E-state index contributed by atoms with van der Waals surface area (Å²) in [6.45, 7) is 2.13. The van der Waals surface area contributed by atoms with Crippen LogP contribution in [0.25, 0.3) is 0 Å². The summed E-state index contributed by atoms with van der Waals surface area (Å²) in [5, 5.41) is 0. The molecular formula is C13H17BrO2. The van der Waals surface area contributed by atoms with Crippen LogP contribution in [0.2, 0.25) is 0 Å². The molecule has 0 aromatic heterocycles. The van der Waals surface area contributed by atoms with E-state index >= 15 is 0 Å². The zero-order valence-corrected chi connectivity index (χ0v) is 11.2. The first-order valence-electron chi connectivity index (χ1n) is 5.62. The van der Waals surface area contributed by atoms with Crippen LogP contribution in [0.5, 0.6) is 5.75 Å². The van der Waals surface area contributed by atoms with Gasteiger partial charge in [0.05, 0.1) is 19.3 Å². The lowest BCUT2D eigenvalue weighted by atomic mass is 9.99. The monoisotopic (exact) mass is 284 g/mol. The Bertz CT molecular complexity index is 326. The third-order valence-corrected chi connectivity index (χ3v) is 3.69. The van der Waals surface area contributed by atoms with Gasteiger partial charge in [0.15, 0.2) is 0 Å². The number of ether oxygens (including phenoxy) is 2. The van der Waals surface area contributed by atoms with Gasteiger partial charge in [0.25, 0.3) is 0 Å². The van der Waals surface area contributed by atoms with Crippen molar-refractivity contribution in [1.82, 2.24) is 0 Å². The van der Waals surface area contributed by atoms with Crippen molar-refractivity contribution < 1.29 is 9.47 Å². The van der Waals surface area contributed by atoms with Crippen LogP contribution in [0.4, 0.5) is 0 Å². The molecule has 3 atom stereocenters. The minimum absolute atomic E-state index is 0.207. The molecule has 2 rings (SSSR count). The highest BCUT2D eigenvalue weighted by molar-refractivity contribution is 9.09. The first kappa shape index (κ1) is 11.9. The molecule has 0 unspecified atom stereocenters. The van der Waals surface area contributed by atoms with E-state index in [1.807, 2.05) is 12.1 Å². The van der Waals surface area contributed by atoms with Gasteiger partial charge in [0.2, 0.25) is 0 Å². The Morgan fingerprint density at radius 1 is 1.25 bits per heavy atom. The van der Waals surface area contributed by atoms with Gasteiger partial charge in [-0.05, 0) is 37.5 Å². The van der Waals surface area contributed by atoms with Gasteiger partial charge in [0, 0.05) is 4.83 Å². The summed E-state index contributed by atoms with van der Waals surface area (Å²) < 4.78 is 11.1. The molecule has 0 bridgehead atoms. The lowest BCUT2D eigenvalue weighted by Crippen LogP contribution is -2.26. The third kappa shape index (κ3) is 2.77. The molecular weight excluding hydrogens is 268 g/mol. The van der Waals surface area contributed by atoms with Crippen LogP contribution >= 0.6 is 15.9 Å². The number of methoxy groups -OCH3 is 1. The Hall–Kier alpha value is -0.540. The summed E-state index contributed by atoms with van der Waals surface area (Å²) in [7, 11) is 1.68. The predicted molar refractivity (Wildman–Crippen MR) is 68.2 cm³/mol. The molecule has 0 saturated carbocycles. The Morgan fingerprint density at radius 2 is 1.94 bits per heavy atom. The normalized spacial score (nSPS) is 30.1. The average Bonchev–Trinajstić information content (AvgIpc) is 2.28. The van der Waals surface area contributed by atoms with Crippen molar-refractivity contribution in [3.8, 4) is 5.75 Å². The maximum absolute atomic E-state index is 5.95. The third-order valence-electron chi connectivity index (χ3n) is 2.94. The van der Waals surface area contributed by atoms with E-state index in [-0.39, 0.29) is 6.10 Å². The molecule has 0 radical (unpaired) electrons. The minimum atomic E-state index is 0.207. The van der Waals surface area contributed by atoms with Gasteiger partial charge in [-0.15, -0.1) is 0 Å². The molecule has 3 heteroatoms. The summed E-state index contributed by atoms with van der Waals surface area (Å²) in [4.78, 5) is 0.559. The van der Waals surface area contributed by atoms with Gasteiger partial charge >= 0.3 is 0 Å². The Balaban J connectivity index is 2.10. The van der Waals surface area contributed by atoms with E-state index in [1.165, 1.54) is 5.56 Å². The summed E-state index contributed by atoms with van der Waals surface area (Å²) >= 11 is 3.69. The number of hydrogen-bond donors (Lipinski definition) is 0. The fourth-order valence-electron chi connectivity index (χ4n) is 2.11. The molecule has 0 amide bonds. The molecule has 1 aromatic rings. The van der Waals surface area contributed by atoms with Gasteiger partial charge in [0.1, 0.15) is 5.75 Å². The minimum Gasteiger partial charge on any atom is -0.497 e. The summed E-state index contributed by atoms with van der Waals surface area (Å²) in [5.41, 5.74) is 1.23. The van der Waals surface area contributed by atoms with Crippen molar-refractivity contribution in [2.24, 2.45) is 0 Å². The Morgan fingerprint density at radius 3 is 2.50 bits per heavy atom. The summed E-state index contributed by atoms with van der Waals surface area (Å²) in [6, 6.07) is 8.14. The van der Waals surface area contributed by atoms with Crippen molar-refractivity contribution in [2.75, 3.05) is 7.11 Å². The van der Waals surface area contributed by atoms with Gasteiger partial charge in [-0.25, -0.2) is 0 Å². The SMILES string of the molecule is COc1ccc([C@H]2C[C@@H](Br)C[C@@H](C)O2)cc1. The molecule has 1 aromatic carbocycles. The van der Waals surface area contributed by atoms with Crippen LogP contribution in [0.15, 0.2) is 24.3 Å². The molecule has 2 nitrogen and oxygen atoms in total. The van der Waals surface area contributed by atoms with Crippen LogP contribution in [-0.2, 0) is 4.74 Å². The second-order valence-corrected chi connectivity index (χ2v) is 5.57. The van der Waals surface area contributed by atoms with Gasteiger partial charge in [-0.3, -0.25) is 0 Å². The highest BCUT2D eigenvalue weighted by Crippen LogP contribution is 2.35. The zero-order valence-electron chi connectivity index (χ0n) is 9.65. The van der Waals surface area contributed by atoms with E-state index in [9.17, 15) is 0 Å². The van der Waals surface area contributed by atoms with Crippen LogP contribution in [0.1, 0.15) is 31.4 Å². The van der Waals surface area contributed by atoms with E-state index in [2.05, 4.69) is 35.0 Å². The predicted octanol–water partition coefficient (Wildman–Crippen LogP) is 3.70. The highest BCUT2D eigenvalue weighted by Gasteiger charge is 2.26. The number of halogens is 1. The van der Waals surface area contributed by atoms with Gasteiger partial charge in [-0.1, -0.05) is 28.1 Å². The maximum atomic E-state index is 5.95. The first-order valence-corrected chi connectivity index (χ1v) is 6.54. The van der Waals surface area contributed by atoms with E-state index in [0.717, 1.165) is 18.6 Å². The number of hydrogen-bond acceptors (Lipinski definition) is 2. The molecule has 1 heterocycles. The van der Waals surface area contributed by atoms with Crippen LogP contribution in [0, 0.1) is 0 Å². The van der Waals surface area contributed by atoms with Crippen molar-refractivity contribution in [3.63, 3.8) is 0 Å². The molecule has 0 aliphatic carbocycles. The molecule has 1 aliphatic rings. The fraction of sp³-hybridized carbons (Fsp3) is 0.538. The summed E-state index contributed by atoms with van der Waals surface area (Å²) in [6.07, 6.45) is 2.66. The Labute approximate surface area is 105 Å². The molecule has 0 spiro atoms. The van der Waals surface area contributed by atoms with E-state index in [1.54, 1.807) is 7.11 Å². The average molecular weight is 285 g/mol. The quantitative estimate of drug-likeness (QED) is 0.771. The van der Waals surface area contributed by atoms with Crippen LogP contribution < -0.4 is 4.74 Å². The van der Waals surface area contributed by atoms with E-state index < -0.39 is 0 Å². The smallest absolute Gasteiger partial charge is 0.118 e. The zero-order chi connectivity index (χ0) is 11.5. The molecule has 1 saturated heterocycles. The summed E-state index contributed by atoms with van der Waals surface area (Å²) in [5.74, 6) is 0.892. The topological polar surface area (TPSA) is 18.5 Å². The largest absolute Gasteiger partial charge is 0.497 e. The maximum Gasteiger partial charge on any atom is 0.118 e. The molecule has 88 valence electrons. The van der Waals surface area contributed by atoms with Crippen molar-refractivity contribution in [1.29, 1.82) is 0 Å². The van der Waals surface area contributed by atoms with E-state index in [0.29, 0.717) is 10.9 Å². The lowest BCUT2D eigenvalue weighted by Gasteiger charge is -2.31. The second kappa shape index (κ2) is 5.19. The number of benzene rings is 1. The second-order valence-electron chi connectivity index (χ2n) is 4.28. The number of rotatable bonds is 2. The Kier molecular flexibility index (Phi) is 3.87. The molecule has 16 heavy (non-hydrogen) atoms. The first-order chi connectivity index (χ1) is 7.69. The van der Waals surface area contributed by atoms with Gasteiger partial charge in [-0.2, -0.15) is 0 Å². The van der Waals surface area contributed by atoms with Crippen molar-refractivity contribution >= 4 is 15.9 Å². The van der Waals surface area contributed by atoms with E-state index in [4.69, 9.17) is 9.47 Å². The van der Waals surface area contributed by atoms with Crippen LogP contribution in [0.3, 0.4) is 0 Å². The van der Waals surface area contributed by atoms with Crippen molar-refractivity contribution in [2.45, 2.75) is 36.8 Å². The fourth-order valence-corrected chi connectivity index (χ4v) is 2.98. The molecule has 0 N–H and O–H groups in total. The van der Waals surface area contributed by atoms with Crippen molar-refractivity contribution in [3.05, 3.63) is 29.8 Å². The van der Waals surface area contributed by atoms with Gasteiger partial charge < -0.3 is 9.47 Å². The standard InChI is InChI=1S/C13H17BrO2/c1-9-7-11(14)8-13(16-9)10-3-5-12(15-2)6-4-10/h3-6,9,11,13H,7-8H2,1-2H3/t9-,11+,13-/m1/s1. The lowest BCUT2D eigenvalue weighted by molar-refractivity contribution is -0.0379. The number of alkyl halides is 1. The molecule has 1 aliphatic heterocycles. The highest BCUT2D eigenvalue weighted by atomic mass is 79.9. The van der Waals surface area contributed by atoms with Crippen LogP contribution in [-0.4, -0.2) is 18.0 Å². The molecule has 1 fully saturated rings.